The minimum atomic E-state index is 0. The lowest BCUT2D eigenvalue weighted by Gasteiger charge is -2.27. The van der Waals surface area contributed by atoms with Gasteiger partial charge in [0.05, 0.1) is 0 Å². The van der Waals surface area contributed by atoms with Crippen molar-refractivity contribution in [3.63, 3.8) is 0 Å². The van der Waals surface area contributed by atoms with E-state index in [0.29, 0.717) is 11.5 Å². The molecule has 0 aliphatic heterocycles. The number of hydrogen-bond acceptors (Lipinski definition) is 1. The van der Waals surface area contributed by atoms with Crippen LogP contribution in [-0.4, -0.2) is 6.04 Å². The van der Waals surface area contributed by atoms with Crippen LogP contribution in [0, 0.1) is 5.41 Å². The Bertz CT molecular complexity index is 124. The molecule has 0 saturated heterocycles. The van der Waals surface area contributed by atoms with Crippen LogP contribution >= 0.6 is 12.4 Å². The third-order valence-electron chi connectivity index (χ3n) is 3.58. The van der Waals surface area contributed by atoms with Gasteiger partial charge in [0.2, 0.25) is 0 Å². The molecule has 2 N–H and O–H groups in total. The molecule has 2 fully saturated rings. The molecule has 0 heterocycles. The smallest absolute Gasteiger partial charge is 0.00955 e. The van der Waals surface area contributed by atoms with Gasteiger partial charge in [0, 0.05) is 6.04 Å². The minimum absolute atomic E-state index is 0. The molecule has 1 atom stereocenters. The van der Waals surface area contributed by atoms with Gasteiger partial charge in [0.15, 0.2) is 0 Å². The van der Waals surface area contributed by atoms with Crippen molar-refractivity contribution in [1.82, 2.24) is 0 Å². The quantitative estimate of drug-likeness (QED) is 0.602. The fourth-order valence-electron chi connectivity index (χ4n) is 2.87. The van der Waals surface area contributed by atoms with E-state index in [0.717, 1.165) is 0 Å². The molecule has 2 saturated carbocycles. The summed E-state index contributed by atoms with van der Waals surface area (Å²) in [6.07, 6.45) is 9.83. The first-order valence-electron chi connectivity index (χ1n) is 4.59. The Morgan fingerprint density at radius 2 is 1.55 bits per heavy atom. The molecule has 1 nitrogen and oxygen atoms in total. The van der Waals surface area contributed by atoms with E-state index >= 15 is 0 Å². The van der Waals surface area contributed by atoms with Crippen molar-refractivity contribution in [3.05, 3.63) is 0 Å². The summed E-state index contributed by atoms with van der Waals surface area (Å²) in [5, 5.41) is 0. The second-order valence-electron chi connectivity index (χ2n) is 4.07. The van der Waals surface area contributed by atoms with Crippen LogP contribution in [0.25, 0.3) is 0 Å². The van der Waals surface area contributed by atoms with E-state index in [2.05, 4.69) is 0 Å². The zero-order valence-electron chi connectivity index (χ0n) is 7.01. The number of hydrogen-bond donors (Lipinski definition) is 1. The van der Waals surface area contributed by atoms with Crippen molar-refractivity contribution in [1.29, 1.82) is 0 Å². The molecule has 0 radical (unpaired) electrons. The molecule has 2 heteroatoms. The Kier molecular flexibility index (Phi) is 2.82. The molecule has 2 rings (SSSR count). The van der Waals surface area contributed by atoms with Crippen LogP contribution in [0.4, 0.5) is 0 Å². The van der Waals surface area contributed by atoms with Crippen molar-refractivity contribution in [2.24, 2.45) is 11.1 Å². The topological polar surface area (TPSA) is 26.0 Å². The van der Waals surface area contributed by atoms with Gasteiger partial charge in [-0.05, 0) is 31.1 Å². The Morgan fingerprint density at radius 1 is 1.00 bits per heavy atom. The summed E-state index contributed by atoms with van der Waals surface area (Å²) in [6, 6.07) is 0.551. The Morgan fingerprint density at radius 3 is 2.00 bits per heavy atom. The zero-order valence-corrected chi connectivity index (χ0v) is 7.83. The van der Waals surface area contributed by atoms with Gasteiger partial charge >= 0.3 is 0 Å². The van der Waals surface area contributed by atoms with Gasteiger partial charge < -0.3 is 5.73 Å². The van der Waals surface area contributed by atoms with Crippen LogP contribution in [0.15, 0.2) is 0 Å². The maximum Gasteiger partial charge on any atom is 0.00955 e. The lowest BCUT2D eigenvalue weighted by atomic mass is 9.81. The number of rotatable bonds is 0. The molecule has 0 aromatic carbocycles. The molecule has 1 unspecified atom stereocenters. The van der Waals surface area contributed by atoms with Crippen LogP contribution in [0.3, 0.4) is 0 Å². The molecular formula is C9H18ClN. The van der Waals surface area contributed by atoms with Crippen LogP contribution in [0.5, 0.6) is 0 Å². The largest absolute Gasteiger partial charge is 0.327 e. The standard InChI is InChI=1S/C9H17N.ClH/c10-8-4-3-7-9(8)5-1-2-6-9;/h8H,1-7,10H2;1H. The Labute approximate surface area is 75.1 Å². The van der Waals surface area contributed by atoms with Crippen LogP contribution < -0.4 is 5.73 Å². The van der Waals surface area contributed by atoms with E-state index in [-0.39, 0.29) is 12.4 Å². The van der Waals surface area contributed by atoms with Crippen LogP contribution in [0.1, 0.15) is 44.9 Å². The molecule has 11 heavy (non-hydrogen) atoms. The maximum absolute atomic E-state index is 6.08. The van der Waals surface area contributed by atoms with Gasteiger partial charge in [0.1, 0.15) is 0 Å². The summed E-state index contributed by atoms with van der Waals surface area (Å²) in [7, 11) is 0. The average Bonchev–Trinajstić information content (AvgIpc) is 2.48. The summed E-state index contributed by atoms with van der Waals surface area (Å²) in [6.45, 7) is 0. The zero-order chi connectivity index (χ0) is 7.03. The van der Waals surface area contributed by atoms with Gasteiger partial charge in [-0.3, -0.25) is 0 Å². The average molecular weight is 176 g/mol. The highest BCUT2D eigenvalue weighted by Crippen LogP contribution is 2.49. The van der Waals surface area contributed by atoms with Crippen LogP contribution in [-0.2, 0) is 0 Å². The third-order valence-corrected chi connectivity index (χ3v) is 3.58. The lowest BCUT2D eigenvalue weighted by molar-refractivity contribution is 0.269. The van der Waals surface area contributed by atoms with E-state index in [9.17, 15) is 0 Å². The maximum atomic E-state index is 6.08. The van der Waals surface area contributed by atoms with Crippen LogP contribution in [0.2, 0.25) is 0 Å². The Hall–Kier alpha value is 0.250. The first-order chi connectivity index (χ1) is 4.83. The normalized spacial score (nSPS) is 34.1. The van der Waals surface area contributed by atoms with E-state index in [1.807, 2.05) is 0 Å². The van der Waals surface area contributed by atoms with Crippen molar-refractivity contribution in [2.75, 3.05) is 0 Å². The molecular weight excluding hydrogens is 158 g/mol. The Balaban J connectivity index is 0.000000605. The first kappa shape index (κ1) is 9.34. The fraction of sp³-hybridized carbons (Fsp3) is 1.00. The summed E-state index contributed by atoms with van der Waals surface area (Å²) >= 11 is 0. The van der Waals surface area contributed by atoms with Gasteiger partial charge in [-0.1, -0.05) is 19.3 Å². The summed E-state index contributed by atoms with van der Waals surface area (Å²) in [5.74, 6) is 0. The first-order valence-corrected chi connectivity index (χ1v) is 4.59. The van der Waals surface area contributed by atoms with E-state index in [1.54, 1.807) is 0 Å². The van der Waals surface area contributed by atoms with Crippen molar-refractivity contribution >= 4 is 12.4 Å². The molecule has 0 bridgehead atoms. The van der Waals surface area contributed by atoms with E-state index in [4.69, 9.17) is 5.73 Å². The summed E-state index contributed by atoms with van der Waals surface area (Å²) < 4.78 is 0. The number of halogens is 1. The highest BCUT2D eigenvalue weighted by Gasteiger charge is 2.42. The molecule has 2 aliphatic rings. The molecule has 66 valence electrons. The van der Waals surface area contributed by atoms with E-state index < -0.39 is 0 Å². The predicted octanol–water partition coefficient (Wildman–Crippen LogP) is 2.48. The summed E-state index contributed by atoms with van der Waals surface area (Å²) in [4.78, 5) is 0. The predicted molar refractivity (Wildman–Crippen MR) is 50.0 cm³/mol. The molecule has 1 spiro atoms. The number of nitrogens with two attached hydrogens (primary N) is 1. The van der Waals surface area contributed by atoms with Gasteiger partial charge in [-0.25, -0.2) is 0 Å². The van der Waals surface area contributed by atoms with Gasteiger partial charge in [-0.15, -0.1) is 12.4 Å². The van der Waals surface area contributed by atoms with Crippen molar-refractivity contribution < 1.29 is 0 Å². The lowest BCUT2D eigenvalue weighted by Crippen LogP contribution is -2.34. The monoisotopic (exact) mass is 175 g/mol. The van der Waals surface area contributed by atoms with E-state index in [1.165, 1.54) is 44.9 Å². The minimum Gasteiger partial charge on any atom is -0.327 e. The highest BCUT2D eigenvalue weighted by molar-refractivity contribution is 5.85. The van der Waals surface area contributed by atoms with Gasteiger partial charge in [-0.2, -0.15) is 0 Å². The second-order valence-corrected chi connectivity index (χ2v) is 4.07. The van der Waals surface area contributed by atoms with Crippen molar-refractivity contribution in [3.8, 4) is 0 Å². The summed E-state index contributed by atoms with van der Waals surface area (Å²) in [5.41, 5.74) is 6.70. The van der Waals surface area contributed by atoms with Gasteiger partial charge in [0.25, 0.3) is 0 Å². The van der Waals surface area contributed by atoms with Crippen molar-refractivity contribution in [2.45, 2.75) is 51.0 Å². The highest BCUT2D eigenvalue weighted by atomic mass is 35.5. The fourth-order valence-corrected chi connectivity index (χ4v) is 2.87. The molecule has 0 aromatic rings. The molecule has 2 aliphatic carbocycles. The third kappa shape index (κ3) is 1.41. The molecule has 0 aromatic heterocycles. The SMILES string of the molecule is Cl.NC1CCCC12CCCC2. The second kappa shape index (κ2) is 3.32. The molecule has 0 amide bonds.